The molecular formula is C26H20Cl3F2N3O4. The van der Waals surface area contributed by atoms with Crippen molar-refractivity contribution in [3.8, 4) is 5.75 Å². The fourth-order valence-corrected chi connectivity index (χ4v) is 5.88. The largest absolute Gasteiger partial charge is 0.493 e. The van der Waals surface area contributed by atoms with Crippen molar-refractivity contribution < 1.29 is 27.9 Å². The summed E-state index contributed by atoms with van der Waals surface area (Å²) in [5.41, 5.74) is 4.67. The quantitative estimate of drug-likeness (QED) is 0.318. The number of benzene rings is 3. The Balaban J connectivity index is 1.76. The second-order valence-corrected chi connectivity index (χ2v) is 10.4. The van der Waals surface area contributed by atoms with Crippen LogP contribution in [0.25, 0.3) is 0 Å². The Kier molecular flexibility index (Phi) is 7.31. The van der Waals surface area contributed by atoms with E-state index in [-0.39, 0.29) is 22.1 Å². The number of hydrogen-bond donors (Lipinski definition) is 3. The number of nitrogens with one attached hydrogen (secondary N) is 2. The number of carbonyl (C=O) groups is 3. The van der Waals surface area contributed by atoms with Gasteiger partial charge in [0.15, 0.2) is 11.6 Å². The molecular weight excluding hydrogens is 563 g/mol. The zero-order chi connectivity index (χ0) is 28.0. The average Bonchev–Trinajstić information content (AvgIpc) is 3.38. The third kappa shape index (κ3) is 4.55. The summed E-state index contributed by atoms with van der Waals surface area (Å²) in [5, 5.41) is 4.97. The van der Waals surface area contributed by atoms with Gasteiger partial charge in [-0.15, -0.1) is 0 Å². The molecule has 0 spiro atoms. The molecule has 7 nitrogen and oxygen atoms in total. The average molecular weight is 583 g/mol. The summed E-state index contributed by atoms with van der Waals surface area (Å²) in [5.74, 6) is -5.11. The molecule has 2 unspecified atom stereocenters. The van der Waals surface area contributed by atoms with Crippen molar-refractivity contribution in [1.82, 2.24) is 0 Å². The number of amides is 3. The van der Waals surface area contributed by atoms with E-state index in [1.165, 1.54) is 44.4 Å². The van der Waals surface area contributed by atoms with E-state index < -0.39 is 44.9 Å². The standard InChI is InChI=1S/C26H20Cl3F2N3O4/c1-12(35)33-15-4-6-16(7-5-15)34-23(36)17-10-14(11-20(31)21(17)38-2)25(24(32)37)22(26(25,28)29)13-3-8-19(30)18(27)9-13/h3-11,22H,1-2H3,(H2,32,37)(H,33,35)(H,34,36). The van der Waals surface area contributed by atoms with Gasteiger partial charge < -0.3 is 21.1 Å². The first-order valence-electron chi connectivity index (χ1n) is 11.0. The Labute approximate surface area is 231 Å². The number of nitrogens with two attached hydrogens (primary N) is 1. The first-order valence-corrected chi connectivity index (χ1v) is 12.2. The van der Waals surface area contributed by atoms with Gasteiger partial charge in [-0.3, -0.25) is 14.4 Å². The zero-order valence-corrected chi connectivity index (χ0v) is 22.1. The second kappa shape index (κ2) is 10.1. The lowest BCUT2D eigenvalue weighted by Crippen LogP contribution is -2.34. The monoisotopic (exact) mass is 581 g/mol. The molecule has 0 bridgehead atoms. The Bertz CT molecular complexity index is 1470. The van der Waals surface area contributed by atoms with Gasteiger partial charge in [0.1, 0.15) is 15.6 Å². The van der Waals surface area contributed by atoms with Gasteiger partial charge in [-0.2, -0.15) is 0 Å². The van der Waals surface area contributed by atoms with Crippen LogP contribution >= 0.6 is 34.8 Å². The van der Waals surface area contributed by atoms with Gasteiger partial charge in [0.05, 0.1) is 17.7 Å². The summed E-state index contributed by atoms with van der Waals surface area (Å²) in [6.07, 6.45) is 0. The topological polar surface area (TPSA) is 111 Å². The van der Waals surface area contributed by atoms with Crippen LogP contribution in [-0.4, -0.2) is 29.2 Å². The van der Waals surface area contributed by atoms with Crippen LogP contribution in [0.1, 0.15) is 34.3 Å². The SMILES string of the molecule is COc1c(F)cc(C2(C(N)=O)C(c3ccc(F)c(Cl)c3)C2(Cl)Cl)cc1C(=O)Nc1ccc(NC(C)=O)cc1. The Morgan fingerprint density at radius 2 is 1.55 bits per heavy atom. The van der Waals surface area contributed by atoms with Crippen molar-refractivity contribution in [1.29, 1.82) is 0 Å². The summed E-state index contributed by atoms with van der Waals surface area (Å²) >= 11 is 19.0. The van der Waals surface area contributed by atoms with E-state index >= 15 is 4.39 Å². The number of alkyl halides is 2. The molecule has 0 saturated heterocycles. The van der Waals surface area contributed by atoms with E-state index in [9.17, 15) is 18.8 Å². The fourth-order valence-electron chi connectivity index (χ4n) is 4.60. The van der Waals surface area contributed by atoms with Crippen LogP contribution in [0, 0.1) is 11.6 Å². The molecule has 198 valence electrons. The van der Waals surface area contributed by atoms with Crippen molar-refractivity contribution >= 4 is 63.9 Å². The van der Waals surface area contributed by atoms with E-state index in [4.69, 9.17) is 45.3 Å². The fraction of sp³-hybridized carbons (Fsp3) is 0.192. The second-order valence-electron chi connectivity index (χ2n) is 8.65. The molecule has 3 amide bonds. The summed E-state index contributed by atoms with van der Waals surface area (Å²) in [4.78, 5) is 37.3. The Morgan fingerprint density at radius 3 is 2.08 bits per heavy atom. The molecule has 1 fully saturated rings. The van der Waals surface area contributed by atoms with E-state index in [2.05, 4.69) is 10.6 Å². The number of ether oxygens (including phenoxy) is 1. The first kappa shape index (κ1) is 27.6. The van der Waals surface area contributed by atoms with Gasteiger partial charge in [-0.25, -0.2) is 8.78 Å². The first-order chi connectivity index (χ1) is 17.8. The lowest BCUT2D eigenvalue weighted by Gasteiger charge is -2.19. The number of rotatable bonds is 7. The maximum Gasteiger partial charge on any atom is 0.259 e. The van der Waals surface area contributed by atoms with Crippen LogP contribution in [0.5, 0.6) is 5.75 Å². The molecule has 1 aliphatic carbocycles. The van der Waals surface area contributed by atoms with E-state index in [0.717, 1.165) is 12.1 Å². The molecule has 4 N–H and O–H groups in total. The molecule has 3 aromatic rings. The number of anilines is 2. The van der Waals surface area contributed by atoms with E-state index in [1.807, 2.05) is 0 Å². The number of halogens is 5. The third-order valence-electron chi connectivity index (χ3n) is 6.31. The highest BCUT2D eigenvalue weighted by Crippen LogP contribution is 2.74. The molecule has 38 heavy (non-hydrogen) atoms. The molecule has 1 aliphatic rings. The molecule has 12 heteroatoms. The minimum absolute atomic E-state index is 0.0788. The van der Waals surface area contributed by atoms with Crippen molar-refractivity contribution in [3.05, 3.63) is 87.9 Å². The van der Waals surface area contributed by atoms with Gasteiger partial charge in [0, 0.05) is 24.2 Å². The van der Waals surface area contributed by atoms with Crippen LogP contribution in [-0.2, 0) is 15.0 Å². The number of carbonyl (C=O) groups excluding carboxylic acids is 3. The maximum atomic E-state index is 15.3. The number of primary amides is 1. The molecule has 0 heterocycles. The maximum absolute atomic E-state index is 15.3. The van der Waals surface area contributed by atoms with E-state index in [1.54, 1.807) is 12.1 Å². The highest BCUT2D eigenvalue weighted by atomic mass is 35.5. The van der Waals surface area contributed by atoms with Crippen LogP contribution < -0.4 is 21.1 Å². The van der Waals surface area contributed by atoms with Gasteiger partial charge in [-0.05, 0) is 59.7 Å². The Hall–Kier alpha value is -3.40. The van der Waals surface area contributed by atoms with Crippen LogP contribution in [0.15, 0.2) is 54.6 Å². The van der Waals surface area contributed by atoms with Gasteiger partial charge in [-0.1, -0.05) is 40.9 Å². The number of methoxy groups -OCH3 is 1. The van der Waals surface area contributed by atoms with Crippen LogP contribution in [0.3, 0.4) is 0 Å². The van der Waals surface area contributed by atoms with Crippen LogP contribution in [0.2, 0.25) is 5.02 Å². The summed E-state index contributed by atoms with van der Waals surface area (Å²) in [7, 11) is 1.18. The lowest BCUT2D eigenvalue weighted by atomic mass is 9.88. The molecule has 4 rings (SSSR count). The molecule has 0 aliphatic heterocycles. The normalized spacial score (nSPS) is 19.4. The van der Waals surface area contributed by atoms with Crippen LogP contribution in [0.4, 0.5) is 20.2 Å². The van der Waals surface area contributed by atoms with Gasteiger partial charge in [0.2, 0.25) is 11.8 Å². The highest BCUT2D eigenvalue weighted by molar-refractivity contribution is 6.55. The smallest absolute Gasteiger partial charge is 0.259 e. The van der Waals surface area contributed by atoms with Crippen molar-refractivity contribution in [2.75, 3.05) is 17.7 Å². The van der Waals surface area contributed by atoms with Crippen molar-refractivity contribution in [2.45, 2.75) is 22.6 Å². The summed E-state index contributed by atoms with van der Waals surface area (Å²) < 4.78 is 32.3. The minimum Gasteiger partial charge on any atom is -0.493 e. The minimum atomic E-state index is -1.88. The van der Waals surface area contributed by atoms with E-state index in [0.29, 0.717) is 16.9 Å². The zero-order valence-electron chi connectivity index (χ0n) is 19.9. The third-order valence-corrected chi connectivity index (χ3v) is 7.64. The molecule has 0 radical (unpaired) electrons. The highest BCUT2D eigenvalue weighted by Gasteiger charge is 2.81. The molecule has 2 atom stereocenters. The van der Waals surface area contributed by atoms with Crippen molar-refractivity contribution in [3.63, 3.8) is 0 Å². The molecule has 3 aromatic carbocycles. The lowest BCUT2D eigenvalue weighted by molar-refractivity contribution is -0.120. The van der Waals surface area contributed by atoms with Gasteiger partial charge >= 0.3 is 0 Å². The summed E-state index contributed by atoms with van der Waals surface area (Å²) in [6.45, 7) is 1.35. The predicted octanol–water partition coefficient (Wildman–Crippen LogP) is 5.53. The predicted molar refractivity (Wildman–Crippen MR) is 141 cm³/mol. The number of hydrogen-bond acceptors (Lipinski definition) is 4. The van der Waals surface area contributed by atoms with Crippen molar-refractivity contribution in [2.24, 2.45) is 5.73 Å². The summed E-state index contributed by atoms with van der Waals surface area (Å²) in [6, 6.07) is 12.0. The molecule has 0 aromatic heterocycles. The molecule has 1 saturated carbocycles. The van der Waals surface area contributed by atoms with Gasteiger partial charge in [0.25, 0.3) is 5.91 Å². The Morgan fingerprint density at radius 1 is 0.947 bits per heavy atom.